The highest BCUT2D eigenvalue weighted by Gasteiger charge is 2.49. The summed E-state index contributed by atoms with van der Waals surface area (Å²) in [5, 5.41) is 0. The van der Waals surface area contributed by atoms with Crippen molar-refractivity contribution >= 4 is 5.91 Å². The first kappa shape index (κ1) is 16.4. The first-order valence-corrected chi connectivity index (χ1v) is 8.31. The predicted octanol–water partition coefficient (Wildman–Crippen LogP) is 2.03. The van der Waals surface area contributed by atoms with Crippen LogP contribution in [-0.4, -0.2) is 62.0 Å². The molecule has 1 aromatic carbocycles. The summed E-state index contributed by atoms with van der Waals surface area (Å²) in [6, 6.07) is 7.74. The lowest BCUT2D eigenvalue weighted by atomic mass is 9.92. The second-order valence-corrected chi connectivity index (χ2v) is 6.35. The first-order valence-electron chi connectivity index (χ1n) is 8.31. The molecule has 2 aliphatic heterocycles. The highest BCUT2D eigenvalue weighted by molar-refractivity contribution is 5.96. The summed E-state index contributed by atoms with van der Waals surface area (Å²) >= 11 is 0. The van der Waals surface area contributed by atoms with E-state index in [-0.39, 0.29) is 17.6 Å². The molecular formula is C18H25NO4. The fraction of sp³-hybridized carbons (Fsp3) is 0.611. The van der Waals surface area contributed by atoms with E-state index in [0.29, 0.717) is 39.6 Å². The van der Waals surface area contributed by atoms with Gasteiger partial charge in [-0.15, -0.1) is 0 Å². The van der Waals surface area contributed by atoms with E-state index in [9.17, 15) is 4.79 Å². The number of morpholine rings is 1. The number of carbonyl (C=O) groups excluding carboxylic acids is 1. The van der Waals surface area contributed by atoms with Gasteiger partial charge in [0.15, 0.2) is 0 Å². The zero-order valence-electron chi connectivity index (χ0n) is 13.9. The Morgan fingerprint density at radius 1 is 1.39 bits per heavy atom. The summed E-state index contributed by atoms with van der Waals surface area (Å²) in [6.07, 6.45) is 0.800. The fourth-order valence-corrected chi connectivity index (χ4v) is 3.47. The lowest BCUT2D eigenvalue weighted by molar-refractivity contribution is -0.0559. The second-order valence-electron chi connectivity index (χ2n) is 6.35. The highest BCUT2D eigenvalue weighted by Crippen LogP contribution is 2.34. The number of ether oxygens (including phenoxy) is 3. The molecular weight excluding hydrogens is 294 g/mol. The Bertz CT molecular complexity index is 562. The molecule has 0 radical (unpaired) electrons. The zero-order valence-corrected chi connectivity index (χ0v) is 13.9. The maximum Gasteiger partial charge on any atom is 0.254 e. The van der Waals surface area contributed by atoms with Gasteiger partial charge in [0.2, 0.25) is 0 Å². The van der Waals surface area contributed by atoms with Crippen molar-refractivity contribution < 1.29 is 19.0 Å². The molecule has 5 heteroatoms. The summed E-state index contributed by atoms with van der Waals surface area (Å²) in [4.78, 5) is 15.0. The molecule has 0 bridgehead atoms. The van der Waals surface area contributed by atoms with Crippen LogP contribution in [0.2, 0.25) is 0 Å². The minimum Gasteiger partial charge on any atom is -0.379 e. The molecule has 3 rings (SSSR count). The van der Waals surface area contributed by atoms with E-state index in [1.807, 2.05) is 43.0 Å². The number of benzene rings is 1. The van der Waals surface area contributed by atoms with E-state index in [1.165, 1.54) is 0 Å². The molecule has 2 atom stereocenters. The molecule has 0 saturated carbocycles. The standard InChI is InChI=1S/C18H25NO4/c1-3-21-11-15-10-18(13-23-15)12-22-9-8-19(18)17(20)16-7-5-4-6-14(16)2/h4-7,15H,3,8-13H2,1-2H3/t15-,18-/m0/s1. The number of hydrogen-bond acceptors (Lipinski definition) is 4. The molecule has 1 aromatic rings. The summed E-state index contributed by atoms with van der Waals surface area (Å²) in [5.74, 6) is 0.0760. The molecule has 2 aliphatic rings. The highest BCUT2D eigenvalue weighted by atomic mass is 16.5. The molecule has 5 nitrogen and oxygen atoms in total. The molecule has 2 fully saturated rings. The molecule has 0 unspecified atom stereocenters. The number of rotatable bonds is 4. The predicted molar refractivity (Wildman–Crippen MR) is 86.6 cm³/mol. The van der Waals surface area contributed by atoms with E-state index < -0.39 is 0 Å². The van der Waals surface area contributed by atoms with Gasteiger partial charge in [0.05, 0.1) is 38.1 Å². The maximum absolute atomic E-state index is 13.1. The van der Waals surface area contributed by atoms with Gasteiger partial charge in [-0.2, -0.15) is 0 Å². The minimum atomic E-state index is -0.362. The van der Waals surface area contributed by atoms with Gasteiger partial charge in [0.1, 0.15) is 0 Å². The van der Waals surface area contributed by atoms with Crippen LogP contribution in [0.1, 0.15) is 29.3 Å². The Balaban J connectivity index is 1.80. The van der Waals surface area contributed by atoms with Crippen LogP contribution in [0.5, 0.6) is 0 Å². The molecule has 0 aromatic heterocycles. The van der Waals surface area contributed by atoms with Gasteiger partial charge in [-0.3, -0.25) is 4.79 Å². The van der Waals surface area contributed by atoms with Crippen LogP contribution in [0.4, 0.5) is 0 Å². The van der Waals surface area contributed by atoms with Crippen LogP contribution in [0.3, 0.4) is 0 Å². The third kappa shape index (κ3) is 3.27. The van der Waals surface area contributed by atoms with Crippen molar-refractivity contribution in [2.45, 2.75) is 31.9 Å². The van der Waals surface area contributed by atoms with Crippen LogP contribution in [-0.2, 0) is 14.2 Å². The molecule has 1 spiro atoms. The SMILES string of the molecule is CCOC[C@@H]1C[C@]2(COCCN2C(=O)c2ccccc2C)CO1. The van der Waals surface area contributed by atoms with Gasteiger partial charge in [0, 0.05) is 25.1 Å². The van der Waals surface area contributed by atoms with Gasteiger partial charge in [-0.25, -0.2) is 0 Å². The summed E-state index contributed by atoms with van der Waals surface area (Å²) in [6.45, 7) is 7.44. The topological polar surface area (TPSA) is 48.0 Å². The maximum atomic E-state index is 13.1. The number of hydrogen-bond donors (Lipinski definition) is 0. The average Bonchev–Trinajstić information content (AvgIpc) is 2.96. The normalized spacial score (nSPS) is 27.6. The molecule has 1 amide bonds. The third-order valence-corrected chi connectivity index (χ3v) is 4.73. The number of nitrogens with zero attached hydrogens (tertiary/aromatic N) is 1. The van der Waals surface area contributed by atoms with Crippen molar-refractivity contribution in [2.75, 3.05) is 39.6 Å². The van der Waals surface area contributed by atoms with Crippen LogP contribution in [0, 0.1) is 6.92 Å². The number of amides is 1. The van der Waals surface area contributed by atoms with Crippen LogP contribution < -0.4 is 0 Å². The van der Waals surface area contributed by atoms with Crippen LogP contribution in [0.15, 0.2) is 24.3 Å². The fourth-order valence-electron chi connectivity index (χ4n) is 3.47. The van der Waals surface area contributed by atoms with Gasteiger partial charge in [0.25, 0.3) is 5.91 Å². The van der Waals surface area contributed by atoms with Crippen molar-refractivity contribution in [3.8, 4) is 0 Å². The number of carbonyl (C=O) groups is 1. The smallest absolute Gasteiger partial charge is 0.254 e. The number of aryl methyl sites for hydroxylation is 1. The third-order valence-electron chi connectivity index (χ3n) is 4.73. The average molecular weight is 319 g/mol. The molecule has 0 N–H and O–H groups in total. The summed E-state index contributed by atoms with van der Waals surface area (Å²) < 4.78 is 17.1. The quantitative estimate of drug-likeness (QED) is 0.852. The van der Waals surface area contributed by atoms with Gasteiger partial charge in [-0.1, -0.05) is 18.2 Å². The molecule has 2 saturated heterocycles. The van der Waals surface area contributed by atoms with E-state index >= 15 is 0 Å². The van der Waals surface area contributed by atoms with E-state index in [2.05, 4.69) is 0 Å². The molecule has 2 heterocycles. The monoisotopic (exact) mass is 319 g/mol. The van der Waals surface area contributed by atoms with Crippen molar-refractivity contribution in [1.82, 2.24) is 4.90 Å². The molecule has 126 valence electrons. The summed E-state index contributed by atoms with van der Waals surface area (Å²) in [5.41, 5.74) is 1.41. The Hall–Kier alpha value is -1.43. The minimum absolute atomic E-state index is 0.0313. The van der Waals surface area contributed by atoms with E-state index in [0.717, 1.165) is 17.5 Å². The van der Waals surface area contributed by atoms with Crippen molar-refractivity contribution in [2.24, 2.45) is 0 Å². The van der Waals surface area contributed by atoms with Crippen molar-refractivity contribution in [3.63, 3.8) is 0 Å². The van der Waals surface area contributed by atoms with Crippen molar-refractivity contribution in [1.29, 1.82) is 0 Å². The summed E-state index contributed by atoms with van der Waals surface area (Å²) in [7, 11) is 0. The second kappa shape index (κ2) is 6.99. The van der Waals surface area contributed by atoms with Gasteiger partial charge < -0.3 is 19.1 Å². The van der Waals surface area contributed by atoms with Gasteiger partial charge >= 0.3 is 0 Å². The first-order chi connectivity index (χ1) is 11.2. The Morgan fingerprint density at radius 3 is 3.00 bits per heavy atom. The van der Waals surface area contributed by atoms with Crippen LogP contribution in [0.25, 0.3) is 0 Å². The Kier molecular flexibility index (Phi) is 4.99. The lowest BCUT2D eigenvalue weighted by Gasteiger charge is -2.43. The largest absolute Gasteiger partial charge is 0.379 e. The van der Waals surface area contributed by atoms with Crippen molar-refractivity contribution in [3.05, 3.63) is 35.4 Å². The molecule has 0 aliphatic carbocycles. The van der Waals surface area contributed by atoms with E-state index in [4.69, 9.17) is 14.2 Å². The zero-order chi connectivity index (χ0) is 16.3. The Labute approximate surface area is 137 Å². The molecule has 23 heavy (non-hydrogen) atoms. The lowest BCUT2D eigenvalue weighted by Crippen LogP contribution is -2.60. The van der Waals surface area contributed by atoms with Gasteiger partial charge in [-0.05, 0) is 25.5 Å². The Morgan fingerprint density at radius 2 is 2.22 bits per heavy atom. The van der Waals surface area contributed by atoms with Crippen LogP contribution >= 0.6 is 0 Å². The van der Waals surface area contributed by atoms with E-state index in [1.54, 1.807) is 0 Å².